The number of piperidine rings is 1. The van der Waals surface area contributed by atoms with Gasteiger partial charge in [-0.25, -0.2) is 4.98 Å². The highest BCUT2D eigenvalue weighted by atomic mass is 79.9. The molecule has 0 aliphatic carbocycles. The molecule has 1 saturated heterocycles. The second-order valence-electron chi connectivity index (χ2n) is 8.16. The summed E-state index contributed by atoms with van der Waals surface area (Å²) in [5, 5.41) is 7.64. The Balaban J connectivity index is 0.00000272. The summed E-state index contributed by atoms with van der Waals surface area (Å²) in [4.78, 5) is 26.8. The Hall–Kier alpha value is -2.16. The van der Waals surface area contributed by atoms with Crippen LogP contribution < -0.4 is 15.5 Å². The standard InChI is InChI=1S/C22H27BrN6O.ClH/c1-14(2)9-25-16-6-4-8-29(13-16)20-17(23)11-26-21-19(20)18(12-27-21)28-22(30)15-5-3-7-24-10-15;/h3,5,7,10-12,14,16,25H,4,6,8-9,13H2,1-2H3,(H,26,27)(H,28,30);1H. The largest absolute Gasteiger partial charge is 0.368 e. The molecule has 166 valence electrons. The van der Waals surface area contributed by atoms with Crippen molar-refractivity contribution in [3.8, 4) is 0 Å². The van der Waals surface area contributed by atoms with Crippen LogP contribution in [0.4, 0.5) is 11.4 Å². The summed E-state index contributed by atoms with van der Waals surface area (Å²) < 4.78 is 0.927. The molecule has 1 fully saturated rings. The molecule has 0 radical (unpaired) electrons. The molecule has 4 heterocycles. The molecule has 3 aromatic rings. The van der Waals surface area contributed by atoms with Gasteiger partial charge in [-0.05, 0) is 53.4 Å². The molecule has 3 N–H and O–H groups in total. The molecule has 0 bridgehead atoms. The van der Waals surface area contributed by atoms with Crippen molar-refractivity contribution in [2.24, 2.45) is 5.92 Å². The summed E-state index contributed by atoms with van der Waals surface area (Å²) in [7, 11) is 0. The van der Waals surface area contributed by atoms with Crippen LogP contribution in [0.15, 0.2) is 41.4 Å². The van der Waals surface area contributed by atoms with Crippen molar-refractivity contribution in [3.63, 3.8) is 0 Å². The van der Waals surface area contributed by atoms with Crippen LogP contribution in [-0.2, 0) is 0 Å². The molecule has 1 unspecified atom stereocenters. The van der Waals surface area contributed by atoms with E-state index in [4.69, 9.17) is 0 Å². The Morgan fingerprint density at radius 1 is 1.39 bits per heavy atom. The Morgan fingerprint density at radius 2 is 2.23 bits per heavy atom. The first kappa shape index (κ1) is 23.5. The van der Waals surface area contributed by atoms with Crippen LogP contribution in [0.25, 0.3) is 11.0 Å². The molecule has 4 rings (SSSR count). The first-order valence-corrected chi connectivity index (χ1v) is 11.2. The summed E-state index contributed by atoms with van der Waals surface area (Å²) in [6.07, 6.45) is 9.14. The first-order valence-electron chi connectivity index (χ1n) is 10.4. The van der Waals surface area contributed by atoms with E-state index >= 15 is 0 Å². The summed E-state index contributed by atoms with van der Waals surface area (Å²) in [6.45, 7) is 7.37. The number of nitrogens with one attached hydrogen (secondary N) is 3. The minimum atomic E-state index is -0.190. The van der Waals surface area contributed by atoms with Crippen LogP contribution in [0.3, 0.4) is 0 Å². The van der Waals surface area contributed by atoms with Gasteiger partial charge < -0.3 is 20.5 Å². The molecule has 3 aromatic heterocycles. The van der Waals surface area contributed by atoms with Crippen molar-refractivity contribution in [3.05, 3.63) is 47.0 Å². The second-order valence-corrected chi connectivity index (χ2v) is 9.02. The molecule has 31 heavy (non-hydrogen) atoms. The molecular formula is C22H28BrClN6O. The van der Waals surface area contributed by atoms with Gasteiger partial charge in [-0.1, -0.05) is 13.8 Å². The number of nitrogens with zero attached hydrogens (tertiary/aromatic N) is 3. The predicted molar refractivity (Wildman–Crippen MR) is 131 cm³/mol. The average molecular weight is 508 g/mol. The lowest BCUT2D eigenvalue weighted by atomic mass is 10.0. The van der Waals surface area contributed by atoms with Crippen molar-refractivity contribution in [1.29, 1.82) is 0 Å². The van der Waals surface area contributed by atoms with E-state index in [0.717, 1.165) is 52.9 Å². The third kappa shape index (κ3) is 5.37. The van der Waals surface area contributed by atoms with Gasteiger partial charge in [0.05, 0.1) is 26.8 Å². The minimum absolute atomic E-state index is 0. The first-order chi connectivity index (χ1) is 14.5. The second kappa shape index (κ2) is 10.4. The number of pyridine rings is 2. The smallest absolute Gasteiger partial charge is 0.257 e. The van der Waals surface area contributed by atoms with Gasteiger partial charge in [0, 0.05) is 43.9 Å². The van der Waals surface area contributed by atoms with E-state index in [-0.39, 0.29) is 18.3 Å². The van der Waals surface area contributed by atoms with Crippen molar-refractivity contribution in [1.82, 2.24) is 20.3 Å². The lowest BCUT2D eigenvalue weighted by Crippen LogP contribution is -2.46. The number of amides is 1. The third-order valence-electron chi connectivity index (χ3n) is 5.35. The van der Waals surface area contributed by atoms with Crippen LogP contribution in [0.2, 0.25) is 0 Å². The highest BCUT2D eigenvalue weighted by molar-refractivity contribution is 9.10. The van der Waals surface area contributed by atoms with Gasteiger partial charge in [-0.2, -0.15) is 0 Å². The maximum atomic E-state index is 12.7. The molecule has 1 amide bonds. The fourth-order valence-corrected chi connectivity index (χ4v) is 4.46. The van der Waals surface area contributed by atoms with E-state index in [0.29, 0.717) is 17.5 Å². The number of hydrogen-bond acceptors (Lipinski definition) is 5. The molecule has 1 aliphatic heterocycles. The fourth-order valence-electron chi connectivity index (χ4n) is 3.90. The van der Waals surface area contributed by atoms with Crippen LogP contribution in [0, 0.1) is 5.92 Å². The minimum Gasteiger partial charge on any atom is -0.368 e. The summed E-state index contributed by atoms with van der Waals surface area (Å²) in [6, 6.07) is 3.96. The van der Waals surface area contributed by atoms with E-state index in [1.807, 2.05) is 6.20 Å². The SMILES string of the molecule is CC(C)CNC1CCCN(c2c(Br)cnc3[nH]cc(NC(=O)c4cccnc4)c23)C1.Cl. The van der Waals surface area contributed by atoms with Gasteiger partial charge in [0.1, 0.15) is 5.65 Å². The van der Waals surface area contributed by atoms with Crippen LogP contribution in [-0.4, -0.2) is 46.5 Å². The summed E-state index contributed by atoms with van der Waals surface area (Å²) in [5.74, 6) is 0.434. The van der Waals surface area contributed by atoms with Crippen LogP contribution in [0.5, 0.6) is 0 Å². The average Bonchev–Trinajstić information content (AvgIpc) is 3.15. The van der Waals surface area contributed by atoms with Gasteiger partial charge in [-0.15, -0.1) is 12.4 Å². The number of anilines is 2. The fraction of sp³-hybridized carbons (Fsp3) is 0.409. The maximum Gasteiger partial charge on any atom is 0.257 e. The van der Waals surface area contributed by atoms with Gasteiger partial charge in [0.2, 0.25) is 0 Å². The van der Waals surface area contributed by atoms with Gasteiger partial charge >= 0.3 is 0 Å². The van der Waals surface area contributed by atoms with E-state index < -0.39 is 0 Å². The molecule has 0 aromatic carbocycles. The lowest BCUT2D eigenvalue weighted by Gasteiger charge is -2.36. The molecule has 1 atom stereocenters. The Morgan fingerprint density at radius 3 is 2.97 bits per heavy atom. The van der Waals surface area contributed by atoms with Crippen LogP contribution in [0.1, 0.15) is 37.0 Å². The van der Waals surface area contributed by atoms with Crippen molar-refractivity contribution in [2.75, 3.05) is 29.9 Å². The molecule has 0 saturated carbocycles. The molecule has 9 heteroatoms. The zero-order valence-electron chi connectivity index (χ0n) is 17.7. The van der Waals surface area contributed by atoms with Gasteiger partial charge in [-0.3, -0.25) is 9.78 Å². The summed E-state index contributed by atoms with van der Waals surface area (Å²) >= 11 is 3.70. The molecular weight excluding hydrogens is 480 g/mol. The number of fused-ring (bicyclic) bond motifs is 1. The highest BCUT2D eigenvalue weighted by Crippen LogP contribution is 2.39. The van der Waals surface area contributed by atoms with Crippen molar-refractivity contribution >= 4 is 56.7 Å². The summed E-state index contributed by atoms with van der Waals surface area (Å²) in [5.41, 5.74) is 3.07. The quantitative estimate of drug-likeness (QED) is 0.454. The Bertz CT molecular complexity index is 1030. The van der Waals surface area contributed by atoms with E-state index in [1.165, 1.54) is 6.42 Å². The number of H-pyrrole nitrogens is 1. The van der Waals surface area contributed by atoms with Crippen molar-refractivity contribution in [2.45, 2.75) is 32.7 Å². The van der Waals surface area contributed by atoms with Crippen molar-refractivity contribution < 1.29 is 4.79 Å². The number of carbonyl (C=O) groups excluding carboxylic acids is 1. The number of aromatic amines is 1. The third-order valence-corrected chi connectivity index (χ3v) is 5.93. The zero-order chi connectivity index (χ0) is 21.1. The van der Waals surface area contributed by atoms with Gasteiger partial charge in [0.15, 0.2) is 0 Å². The monoisotopic (exact) mass is 506 g/mol. The number of aromatic nitrogens is 3. The molecule has 1 aliphatic rings. The van der Waals surface area contributed by atoms with E-state index in [9.17, 15) is 4.79 Å². The highest BCUT2D eigenvalue weighted by Gasteiger charge is 2.25. The molecule has 0 spiro atoms. The van der Waals surface area contributed by atoms with E-state index in [1.54, 1.807) is 30.7 Å². The zero-order valence-corrected chi connectivity index (χ0v) is 20.1. The van der Waals surface area contributed by atoms with Gasteiger partial charge in [0.25, 0.3) is 5.91 Å². The normalized spacial score (nSPS) is 16.4. The van der Waals surface area contributed by atoms with E-state index in [2.05, 4.69) is 60.3 Å². The number of hydrogen-bond donors (Lipinski definition) is 3. The Labute approximate surface area is 197 Å². The lowest BCUT2D eigenvalue weighted by molar-refractivity contribution is 0.102. The topological polar surface area (TPSA) is 85.9 Å². The van der Waals surface area contributed by atoms with Crippen LogP contribution >= 0.6 is 28.3 Å². The number of rotatable bonds is 6. The number of carbonyl (C=O) groups is 1. The number of halogens is 2. The maximum absolute atomic E-state index is 12.7. The molecule has 7 nitrogen and oxygen atoms in total. The Kier molecular flexibility index (Phi) is 7.91. The predicted octanol–water partition coefficient (Wildman–Crippen LogP) is 4.61.